The van der Waals surface area contributed by atoms with E-state index in [1.54, 1.807) is 24.3 Å². The Kier molecular flexibility index (Phi) is 4.79. The zero-order chi connectivity index (χ0) is 17.8. The van der Waals surface area contributed by atoms with Crippen molar-refractivity contribution in [3.05, 3.63) is 65.7 Å². The van der Waals surface area contributed by atoms with Gasteiger partial charge in [-0.1, -0.05) is 42.5 Å². The number of carbonyl (C=O) groups is 3. The van der Waals surface area contributed by atoms with Crippen molar-refractivity contribution in [2.75, 3.05) is 5.32 Å². The molecule has 3 N–H and O–H groups in total. The normalized spacial score (nSPS) is 17.6. The fraction of sp³-hybridized carbons (Fsp3) is 0.211. The summed E-state index contributed by atoms with van der Waals surface area (Å²) >= 11 is 0. The van der Waals surface area contributed by atoms with Crippen molar-refractivity contribution < 1.29 is 14.4 Å². The first-order valence-corrected chi connectivity index (χ1v) is 8.09. The van der Waals surface area contributed by atoms with Gasteiger partial charge in [-0.2, -0.15) is 0 Å². The van der Waals surface area contributed by atoms with Gasteiger partial charge >= 0.3 is 0 Å². The van der Waals surface area contributed by atoms with Crippen molar-refractivity contribution in [2.24, 2.45) is 0 Å². The first kappa shape index (κ1) is 16.7. The first-order chi connectivity index (χ1) is 12.0. The van der Waals surface area contributed by atoms with Gasteiger partial charge in [0.2, 0.25) is 11.8 Å². The lowest BCUT2D eigenvalue weighted by Gasteiger charge is -2.18. The second-order valence-electron chi connectivity index (χ2n) is 5.96. The van der Waals surface area contributed by atoms with Crippen molar-refractivity contribution in [3.63, 3.8) is 0 Å². The van der Waals surface area contributed by atoms with Gasteiger partial charge in [-0.15, -0.1) is 0 Å². The monoisotopic (exact) mass is 337 g/mol. The Labute approximate surface area is 145 Å². The molecule has 0 saturated heterocycles. The van der Waals surface area contributed by atoms with Crippen molar-refractivity contribution in [1.29, 1.82) is 0 Å². The molecule has 3 rings (SSSR count). The number of hydrogen-bond acceptors (Lipinski definition) is 3. The summed E-state index contributed by atoms with van der Waals surface area (Å²) in [6.07, 6.45) is -0.122. The van der Waals surface area contributed by atoms with Gasteiger partial charge in [-0.05, 0) is 24.6 Å². The van der Waals surface area contributed by atoms with Crippen molar-refractivity contribution in [2.45, 2.75) is 25.4 Å². The molecule has 2 aromatic rings. The minimum atomic E-state index is -0.914. The summed E-state index contributed by atoms with van der Waals surface area (Å²) in [5, 5.41) is 8.16. The van der Waals surface area contributed by atoms with E-state index in [4.69, 9.17) is 0 Å². The highest BCUT2D eigenvalue weighted by atomic mass is 16.2. The zero-order valence-electron chi connectivity index (χ0n) is 13.8. The van der Waals surface area contributed by atoms with Gasteiger partial charge in [0, 0.05) is 0 Å². The Morgan fingerprint density at radius 2 is 1.76 bits per heavy atom. The Hall–Kier alpha value is -3.15. The minimum Gasteiger partial charge on any atom is -0.350 e. The van der Waals surface area contributed by atoms with Crippen LogP contribution in [0, 0.1) is 0 Å². The van der Waals surface area contributed by atoms with Crippen molar-refractivity contribution in [1.82, 2.24) is 10.6 Å². The number of anilines is 1. The predicted molar refractivity (Wildman–Crippen MR) is 93.9 cm³/mol. The molecular weight excluding hydrogens is 318 g/mol. The first-order valence-electron chi connectivity index (χ1n) is 8.09. The smallest absolute Gasteiger partial charge is 0.254 e. The lowest BCUT2D eigenvalue weighted by atomic mass is 10.1. The van der Waals surface area contributed by atoms with E-state index >= 15 is 0 Å². The summed E-state index contributed by atoms with van der Waals surface area (Å²) in [6, 6.07) is 15.2. The summed E-state index contributed by atoms with van der Waals surface area (Å²) < 4.78 is 0. The van der Waals surface area contributed by atoms with Gasteiger partial charge in [-0.3, -0.25) is 14.4 Å². The Morgan fingerprint density at radius 3 is 2.52 bits per heavy atom. The van der Waals surface area contributed by atoms with Crippen LogP contribution < -0.4 is 16.0 Å². The van der Waals surface area contributed by atoms with Gasteiger partial charge < -0.3 is 16.0 Å². The van der Waals surface area contributed by atoms with E-state index in [0.29, 0.717) is 11.3 Å². The van der Waals surface area contributed by atoms with Crippen molar-refractivity contribution in [3.8, 4) is 0 Å². The molecule has 25 heavy (non-hydrogen) atoms. The van der Waals surface area contributed by atoms with Crippen molar-refractivity contribution >= 4 is 23.4 Å². The molecule has 0 fully saturated rings. The maximum Gasteiger partial charge on any atom is 0.254 e. The second-order valence-corrected chi connectivity index (χ2v) is 5.96. The van der Waals surface area contributed by atoms with Crippen LogP contribution in [0.25, 0.3) is 0 Å². The number of nitrogens with one attached hydrogen (secondary N) is 3. The average molecular weight is 337 g/mol. The predicted octanol–water partition coefficient (Wildman–Crippen LogP) is 2.00. The molecule has 2 aromatic carbocycles. The maximum atomic E-state index is 12.3. The molecule has 0 saturated carbocycles. The molecule has 1 unspecified atom stereocenters. The molecular formula is C19H19N3O3. The lowest BCUT2D eigenvalue weighted by molar-refractivity contribution is -0.126. The molecule has 0 aromatic heterocycles. The van der Waals surface area contributed by atoms with Crippen LogP contribution in [-0.2, 0) is 9.59 Å². The van der Waals surface area contributed by atoms with Crippen LogP contribution in [0.4, 0.5) is 5.69 Å². The quantitative estimate of drug-likeness (QED) is 0.797. The van der Waals surface area contributed by atoms with Crippen LogP contribution in [0.2, 0.25) is 0 Å². The van der Waals surface area contributed by atoms with Gasteiger partial charge in [0.1, 0.15) is 6.04 Å². The molecule has 0 aliphatic carbocycles. The largest absolute Gasteiger partial charge is 0.350 e. The number of fused-ring (bicyclic) bond motifs is 1. The van der Waals surface area contributed by atoms with E-state index in [1.807, 2.05) is 37.3 Å². The zero-order valence-corrected chi connectivity index (χ0v) is 13.8. The minimum absolute atomic E-state index is 0.122. The van der Waals surface area contributed by atoms with Crippen LogP contribution >= 0.6 is 0 Å². The SMILES string of the molecule is CC(NC(=O)C[C@H]1NC(=O)c2ccccc2NC1=O)c1ccccc1. The van der Waals surface area contributed by atoms with Crippen LogP contribution in [-0.4, -0.2) is 23.8 Å². The summed E-state index contributed by atoms with van der Waals surface area (Å²) in [5.41, 5.74) is 1.81. The van der Waals surface area contributed by atoms with E-state index in [0.717, 1.165) is 5.56 Å². The molecule has 1 aliphatic rings. The van der Waals surface area contributed by atoms with E-state index in [2.05, 4.69) is 16.0 Å². The number of para-hydroxylation sites is 1. The third kappa shape index (κ3) is 3.85. The number of rotatable bonds is 4. The van der Waals surface area contributed by atoms with Crippen LogP contribution in [0.15, 0.2) is 54.6 Å². The third-order valence-corrected chi connectivity index (χ3v) is 4.12. The summed E-state index contributed by atoms with van der Waals surface area (Å²) in [7, 11) is 0. The molecule has 128 valence electrons. The summed E-state index contributed by atoms with van der Waals surface area (Å²) in [5.74, 6) is -1.08. The summed E-state index contributed by atoms with van der Waals surface area (Å²) in [4.78, 5) is 36.8. The van der Waals surface area contributed by atoms with E-state index in [1.165, 1.54) is 0 Å². The molecule has 2 atom stereocenters. The highest BCUT2D eigenvalue weighted by molar-refractivity contribution is 6.10. The van der Waals surface area contributed by atoms with Crippen LogP contribution in [0.1, 0.15) is 35.3 Å². The van der Waals surface area contributed by atoms with Crippen LogP contribution in [0.5, 0.6) is 0 Å². The number of amides is 3. The molecule has 1 heterocycles. The molecule has 0 bridgehead atoms. The fourth-order valence-corrected chi connectivity index (χ4v) is 2.77. The number of benzene rings is 2. The van der Waals surface area contributed by atoms with Gasteiger partial charge in [-0.25, -0.2) is 0 Å². The molecule has 3 amide bonds. The van der Waals surface area contributed by atoms with Gasteiger partial charge in [0.05, 0.1) is 23.7 Å². The Balaban J connectivity index is 1.66. The van der Waals surface area contributed by atoms with E-state index in [-0.39, 0.29) is 24.3 Å². The fourth-order valence-electron chi connectivity index (χ4n) is 2.77. The van der Waals surface area contributed by atoms with E-state index < -0.39 is 11.9 Å². The Bertz CT molecular complexity index is 805. The second kappa shape index (κ2) is 7.17. The van der Waals surface area contributed by atoms with Gasteiger partial charge in [0.15, 0.2) is 0 Å². The lowest BCUT2D eigenvalue weighted by Crippen LogP contribution is -2.44. The van der Waals surface area contributed by atoms with E-state index in [9.17, 15) is 14.4 Å². The van der Waals surface area contributed by atoms with Crippen LogP contribution in [0.3, 0.4) is 0 Å². The molecule has 0 spiro atoms. The highest BCUT2D eigenvalue weighted by Gasteiger charge is 2.29. The highest BCUT2D eigenvalue weighted by Crippen LogP contribution is 2.19. The maximum absolute atomic E-state index is 12.3. The third-order valence-electron chi connectivity index (χ3n) is 4.12. The average Bonchev–Trinajstić information content (AvgIpc) is 2.72. The molecule has 1 aliphatic heterocycles. The topological polar surface area (TPSA) is 87.3 Å². The number of carbonyl (C=O) groups excluding carboxylic acids is 3. The molecule has 6 nitrogen and oxygen atoms in total. The summed E-state index contributed by atoms with van der Waals surface area (Å²) in [6.45, 7) is 1.87. The molecule has 6 heteroatoms. The Morgan fingerprint density at radius 1 is 1.08 bits per heavy atom. The van der Waals surface area contributed by atoms with Gasteiger partial charge in [0.25, 0.3) is 5.91 Å². The standard InChI is InChI=1S/C19H19N3O3/c1-12(13-7-3-2-4-8-13)20-17(23)11-16-19(25)21-15-10-6-5-9-14(15)18(24)22-16/h2-10,12,16H,11H2,1H3,(H,20,23)(H,21,25)(H,22,24)/t12?,16-/m1/s1. The number of hydrogen-bond donors (Lipinski definition) is 3. The molecule has 0 radical (unpaired) electrons.